The zero-order chi connectivity index (χ0) is 23.8. The number of aromatic nitrogens is 1. The Balaban J connectivity index is 1.38. The van der Waals surface area contributed by atoms with Gasteiger partial charge in [0, 0.05) is 36.5 Å². The van der Waals surface area contributed by atoms with Crippen molar-refractivity contribution >= 4 is 29.2 Å². The van der Waals surface area contributed by atoms with E-state index in [1.54, 1.807) is 29.8 Å². The van der Waals surface area contributed by atoms with Crippen LogP contribution < -0.4 is 5.32 Å². The number of imide groups is 1. The van der Waals surface area contributed by atoms with Gasteiger partial charge in [-0.05, 0) is 60.1 Å². The standard InChI is InChI=1S/C26H32N4O3S/c1-25(10-3-2-4-11-25)22(31)29-13-7-20(8-14-29)26(21-6-5-12-27-16-21)23(32)30(24(33)28-26)17-19-9-15-34-18-19/h5-6,9,12,15-16,18,20H,2-4,7-8,10-11,13-14,17H2,1H3,(H,28,33)/t26-/m0/s1. The summed E-state index contributed by atoms with van der Waals surface area (Å²) in [7, 11) is 0. The molecular weight excluding hydrogens is 448 g/mol. The van der Waals surface area contributed by atoms with Gasteiger partial charge in [0.15, 0.2) is 5.54 Å². The van der Waals surface area contributed by atoms with Crippen LogP contribution >= 0.6 is 11.3 Å². The Hall–Kier alpha value is -2.74. The van der Waals surface area contributed by atoms with Crippen LogP contribution in [0.1, 0.15) is 63.0 Å². The van der Waals surface area contributed by atoms with Gasteiger partial charge in [0.25, 0.3) is 5.91 Å². The van der Waals surface area contributed by atoms with Gasteiger partial charge < -0.3 is 10.2 Å². The number of hydrogen-bond donors (Lipinski definition) is 1. The number of rotatable bonds is 5. The molecule has 2 aliphatic heterocycles. The quantitative estimate of drug-likeness (QED) is 0.647. The van der Waals surface area contributed by atoms with Crippen LogP contribution in [0.15, 0.2) is 41.4 Å². The number of nitrogens with one attached hydrogen (secondary N) is 1. The SMILES string of the molecule is CC1(C(=O)N2CCC([C@@]3(c4cccnc4)NC(=O)N(Cc4ccsc4)C3=O)CC2)CCCCC1. The first-order valence-electron chi connectivity index (χ1n) is 12.3. The average Bonchev–Trinajstić information content (AvgIpc) is 3.47. The van der Waals surface area contributed by atoms with Crippen LogP contribution in [0, 0.1) is 11.3 Å². The van der Waals surface area contributed by atoms with Gasteiger partial charge in [-0.3, -0.25) is 19.5 Å². The number of likely N-dealkylation sites (tertiary alicyclic amines) is 1. The minimum Gasteiger partial charge on any atom is -0.342 e. The molecule has 1 atom stereocenters. The Morgan fingerprint density at radius 2 is 1.94 bits per heavy atom. The highest BCUT2D eigenvalue weighted by atomic mass is 32.1. The van der Waals surface area contributed by atoms with Gasteiger partial charge in [-0.2, -0.15) is 11.3 Å². The van der Waals surface area contributed by atoms with E-state index in [0.717, 1.165) is 31.2 Å². The molecule has 2 aromatic rings. The van der Waals surface area contributed by atoms with Gasteiger partial charge in [0.05, 0.1) is 6.54 Å². The van der Waals surface area contributed by atoms with Gasteiger partial charge in [0.2, 0.25) is 5.91 Å². The molecule has 8 heteroatoms. The predicted octanol–water partition coefficient (Wildman–Crippen LogP) is 4.30. The lowest BCUT2D eigenvalue weighted by Gasteiger charge is -2.44. The number of carbonyl (C=O) groups excluding carboxylic acids is 3. The number of pyridine rings is 1. The van der Waals surface area contributed by atoms with Crippen molar-refractivity contribution in [1.82, 2.24) is 20.1 Å². The maximum absolute atomic E-state index is 13.9. The molecule has 7 nitrogen and oxygen atoms in total. The number of amides is 4. The van der Waals surface area contributed by atoms with Crippen molar-refractivity contribution in [2.45, 2.75) is 64.0 Å². The van der Waals surface area contributed by atoms with Gasteiger partial charge >= 0.3 is 6.03 Å². The van der Waals surface area contributed by atoms with E-state index in [9.17, 15) is 14.4 Å². The molecule has 4 amide bonds. The Kier molecular flexibility index (Phi) is 6.18. The second-order valence-electron chi connectivity index (χ2n) is 10.2. The summed E-state index contributed by atoms with van der Waals surface area (Å²) >= 11 is 1.55. The van der Waals surface area contributed by atoms with E-state index in [2.05, 4.69) is 17.2 Å². The summed E-state index contributed by atoms with van der Waals surface area (Å²) in [6, 6.07) is 5.25. The first kappa shape index (κ1) is 23.0. The largest absolute Gasteiger partial charge is 0.342 e. The molecule has 1 aliphatic carbocycles. The minimum atomic E-state index is -1.15. The van der Waals surface area contributed by atoms with Crippen LogP contribution in [0.25, 0.3) is 0 Å². The van der Waals surface area contributed by atoms with Gasteiger partial charge in [-0.1, -0.05) is 32.3 Å². The van der Waals surface area contributed by atoms with Crippen LogP contribution in [-0.4, -0.2) is 45.7 Å². The fraction of sp³-hybridized carbons (Fsp3) is 0.538. The third-order valence-corrected chi connectivity index (χ3v) is 8.77. The monoisotopic (exact) mass is 480 g/mol. The average molecular weight is 481 g/mol. The van der Waals surface area contributed by atoms with E-state index in [1.165, 1.54) is 11.3 Å². The number of nitrogens with zero attached hydrogens (tertiary/aromatic N) is 3. The molecular formula is C26H32N4O3S. The molecule has 0 radical (unpaired) electrons. The van der Waals surface area contributed by atoms with Crippen LogP contribution in [0.4, 0.5) is 4.79 Å². The lowest BCUT2D eigenvalue weighted by molar-refractivity contribution is -0.145. The third-order valence-electron chi connectivity index (χ3n) is 8.04. The Bertz CT molecular complexity index is 1040. The summed E-state index contributed by atoms with van der Waals surface area (Å²) in [4.78, 5) is 47.9. The summed E-state index contributed by atoms with van der Waals surface area (Å²) in [5.41, 5.74) is 0.244. The minimum absolute atomic E-state index is 0.108. The first-order chi connectivity index (χ1) is 16.4. The van der Waals surface area contributed by atoms with E-state index in [-0.39, 0.29) is 35.7 Å². The first-order valence-corrected chi connectivity index (χ1v) is 13.2. The Labute approximate surface area is 204 Å². The van der Waals surface area contributed by atoms with Crippen molar-refractivity contribution in [3.05, 3.63) is 52.5 Å². The van der Waals surface area contributed by atoms with Crippen LogP contribution in [0.5, 0.6) is 0 Å². The molecule has 1 N–H and O–H groups in total. The van der Waals surface area contributed by atoms with Crippen molar-refractivity contribution in [1.29, 1.82) is 0 Å². The molecule has 0 spiro atoms. The summed E-state index contributed by atoms with van der Waals surface area (Å²) in [6.45, 7) is 3.58. The van der Waals surface area contributed by atoms with Crippen LogP contribution in [0.3, 0.4) is 0 Å². The van der Waals surface area contributed by atoms with Crippen LogP contribution in [-0.2, 0) is 21.7 Å². The van der Waals surface area contributed by atoms with E-state index >= 15 is 0 Å². The lowest BCUT2D eigenvalue weighted by Crippen LogP contribution is -2.55. The zero-order valence-corrected chi connectivity index (χ0v) is 20.5. The molecule has 5 rings (SSSR count). The molecule has 180 valence electrons. The molecule has 4 heterocycles. The third kappa shape index (κ3) is 3.91. The van der Waals surface area contributed by atoms with Crippen molar-refractivity contribution in [3.8, 4) is 0 Å². The Morgan fingerprint density at radius 1 is 1.18 bits per heavy atom. The van der Waals surface area contributed by atoms with Crippen LogP contribution in [0.2, 0.25) is 0 Å². The molecule has 3 aliphatic rings. The van der Waals surface area contributed by atoms with Gasteiger partial charge in [-0.15, -0.1) is 0 Å². The molecule has 34 heavy (non-hydrogen) atoms. The van der Waals surface area contributed by atoms with Crippen molar-refractivity contribution in [2.24, 2.45) is 11.3 Å². The second kappa shape index (κ2) is 9.13. The second-order valence-corrected chi connectivity index (χ2v) is 11.0. The molecule has 2 aromatic heterocycles. The number of hydrogen-bond acceptors (Lipinski definition) is 5. The molecule has 2 saturated heterocycles. The summed E-state index contributed by atoms with van der Waals surface area (Å²) in [6.07, 6.45) is 10.0. The van der Waals surface area contributed by atoms with E-state index < -0.39 is 5.54 Å². The predicted molar refractivity (Wildman–Crippen MR) is 130 cm³/mol. The van der Waals surface area contributed by atoms with Crippen molar-refractivity contribution in [2.75, 3.05) is 13.1 Å². The maximum Gasteiger partial charge on any atom is 0.325 e. The van der Waals surface area contributed by atoms with Crippen molar-refractivity contribution in [3.63, 3.8) is 0 Å². The maximum atomic E-state index is 13.9. The highest BCUT2D eigenvalue weighted by molar-refractivity contribution is 7.07. The highest BCUT2D eigenvalue weighted by Gasteiger charge is 2.57. The fourth-order valence-electron chi connectivity index (χ4n) is 6.05. The normalized spacial score (nSPS) is 25.4. The summed E-state index contributed by atoms with van der Waals surface area (Å²) in [5, 5.41) is 6.98. The summed E-state index contributed by atoms with van der Waals surface area (Å²) < 4.78 is 0. The lowest BCUT2D eigenvalue weighted by atomic mass is 9.72. The number of piperidine rings is 1. The number of thiophene rings is 1. The molecule has 0 aromatic carbocycles. The number of carbonyl (C=O) groups is 3. The fourth-order valence-corrected chi connectivity index (χ4v) is 6.71. The molecule has 1 saturated carbocycles. The molecule has 0 unspecified atom stereocenters. The van der Waals surface area contributed by atoms with Gasteiger partial charge in [-0.25, -0.2) is 4.79 Å². The summed E-state index contributed by atoms with van der Waals surface area (Å²) in [5.74, 6) is -0.0773. The smallest absolute Gasteiger partial charge is 0.325 e. The molecule has 3 fully saturated rings. The van der Waals surface area contributed by atoms with E-state index in [0.29, 0.717) is 31.5 Å². The number of urea groups is 1. The van der Waals surface area contributed by atoms with E-state index in [4.69, 9.17) is 0 Å². The molecule has 0 bridgehead atoms. The zero-order valence-electron chi connectivity index (χ0n) is 19.7. The highest BCUT2D eigenvalue weighted by Crippen LogP contribution is 2.43. The van der Waals surface area contributed by atoms with E-state index in [1.807, 2.05) is 27.8 Å². The topological polar surface area (TPSA) is 82.6 Å². The van der Waals surface area contributed by atoms with Gasteiger partial charge in [0.1, 0.15) is 0 Å². The Morgan fingerprint density at radius 3 is 2.59 bits per heavy atom. The van der Waals surface area contributed by atoms with Crippen molar-refractivity contribution < 1.29 is 14.4 Å².